The molecule has 150 valence electrons. The molecule has 1 unspecified atom stereocenters. The molecule has 0 saturated heterocycles. The molecular weight excluding hydrogens is 386 g/mol. The van der Waals surface area contributed by atoms with E-state index in [9.17, 15) is 8.42 Å². The van der Waals surface area contributed by atoms with E-state index in [4.69, 9.17) is 4.42 Å². The van der Waals surface area contributed by atoms with Crippen LogP contribution in [0, 0.1) is 0 Å². The number of aromatic nitrogens is 1. The Morgan fingerprint density at radius 1 is 1.10 bits per heavy atom. The van der Waals surface area contributed by atoms with Gasteiger partial charge in [0.2, 0.25) is 10.0 Å². The molecule has 0 fully saturated rings. The number of furan rings is 1. The Kier molecular flexibility index (Phi) is 5.62. The van der Waals surface area contributed by atoms with Gasteiger partial charge in [-0.05, 0) is 55.1 Å². The van der Waals surface area contributed by atoms with E-state index in [0.29, 0.717) is 6.54 Å². The zero-order chi connectivity index (χ0) is 20.3. The molecule has 2 heterocycles. The summed E-state index contributed by atoms with van der Waals surface area (Å²) in [4.78, 5) is 4.31. The number of hydrogen-bond acceptors (Lipinski definition) is 5. The summed E-state index contributed by atoms with van der Waals surface area (Å²) < 4.78 is 33.7. The zero-order valence-electron chi connectivity index (χ0n) is 16.1. The van der Waals surface area contributed by atoms with E-state index in [-0.39, 0.29) is 10.9 Å². The van der Waals surface area contributed by atoms with Gasteiger partial charge in [-0.15, -0.1) is 0 Å². The summed E-state index contributed by atoms with van der Waals surface area (Å²) in [5, 5.41) is 6.19. The minimum atomic E-state index is -3.59. The van der Waals surface area contributed by atoms with Crippen LogP contribution in [0.3, 0.4) is 0 Å². The smallest absolute Gasteiger partial charge is 0.240 e. The van der Waals surface area contributed by atoms with E-state index >= 15 is 0 Å². The monoisotopic (exact) mass is 409 g/mol. The highest BCUT2D eigenvalue weighted by molar-refractivity contribution is 7.89. The highest BCUT2D eigenvalue weighted by atomic mass is 32.2. The van der Waals surface area contributed by atoms with Crippen molar-refractivity contribution < 1.29 is 12.8 Å². The zero-order valence-corrected chi connectivity index (χ0v) is 16.9. The van der Waals surface area contributed by atoms with Gasteiger partial charge in [0.05, 0.1) is 11.2 Å². The third kappa shape index (κ3) is 4.48. The van der Waals surface area contributed by atoms with E-state index in [1.54, 1.807) is 42.9 Å². The SMILES string of the molecule is CC(CNCCc1coc2ccccc12)NS(=O)(=O)c1ccc2cnccc2c1. The van der Waals surface area contributed by atoms with Crippen molar-refractivity contribution in [1.82, 2.24) is 15.0 Å². The number of pyridine rings is 1. The van der Waals surface area contributed by atoms with Crippen molar-refractivity contribution in [3.63, 3.8) is 0 Å². The first kappa shape index (κ1) is 19.6. The number of sulfonamides is 1. The van der Waals surface area contributed by atoms with Crippen molar-refractivity contribution in [1.29, 1.82) is 0 Å². The quantitative estimate of drug-likeness (QED) is 0.435. The third-order valence-electron chi connectivity index (χ3n) is 4.86. The lowest BCUT2D eigenvalue weighted by atomic mass is 10.1. The molecule has 0 aliphatic rings. The van der Waals surface area contributed by atoms with Gasteiger partial charge < -0.3 is 9.73 Å². The summed E-state index contributed by atoms with van der Waals surface area (Å²) in [6, 6.07) is 14.6. The maximum atomic E-state index is 12.7. The van der Waals surface area contributed by atoms with Gasteiger partial charge in [-0.2, -0.15) is 0 Å². The fourth-order valence-corrected chi connectivity index (χ4v) is 4.65. The van der Waals surface area contributed by atoms with Gasteiger partial charge in [0.15, 0.2) is 0 Å². The van der Waals surface area contributed by atoms with Crippen molar-refractivity contribution in [3.05, 3.63) is 72.8 Å². The first-order valence-corrected chi connectivity index (χ1v) is 11.0. The fraction of sp³-hybridized carbons (Fsp3) is 0.227. The third-order valence-corrected chi connectivity index (χ3v) is 6.45. The van der Waals surface area contributed by atoms with E-state index in [2.05, 4.69) is 15.0 Å². The molecule has 2 aromatic carbocycles. The van der Waals surface area contributed by atoms with Gasteiger partial charge >= 0.3 is 0 Å². The summed E-state index contributed by atoms with van der Waals surface area (Å²) in [5.74, 6) is 0. The van der Waals surface area contributed by atoms with E-state index in [0.717, 1.165) is 40.3 Å². The van der Waals surface area contributed by atoms with Crippen molar-refractivity contribution in [2.75, 3.05) is 13.1 Å². The summed E-state index contributed by atoms with van der Waals surface area (Å²) in [6.07, 6.45) is 5.97. The molecule has 0 bridgehead atoms. The Balaban J connectivity index is 1.32. The normalized spacial score (nSPS) is 13.1. The van der Waals surface area contributed by atoms with Gasteiger partial charge in [-0.1, -0.05) is 24.3 Å². The van der Waals surface area contributed by atoms with Crippen LogP contribution in [0.25, 0.3) is 21.7 Å². The first-order valence-electron chi connectivity index (χ1n) is 9.55. The molecule has 0 radical (unpaired) electrons. The largest absolute Gasteiger partial charge is 0.464 e. The second-order valence-electron chi connectivity index (χ2n) is 7.12. The fourth-order valence-electron chi connectivity index (χ4n) is 3.37. The molecule has 4 aromatic rings. The number of para-hydroxylation sites is 1. The average Bonchev–Trinajstić information content (AvgIpc) is 3.14. The summed E-state index contributed by atoms with van der Waals surface area (Å²) in [7, 11) is -3.59. The maximum Gasteiger partial charge on any atom is 0.240 e. The van der Waals surface area contributed by atoms with Crippen LogP contribution in [0.4, 0.5) is 0 Å². The summed E-state index contributed by atoms with van der Waals surface area (Å²) in [6.45, 7) is 3.12. The topological polar surface area (TPSA) is 84.2 Å². The number of nitrogens with zero attached hydrogens (tertiary/aromatic N) is 1. The lowest BCUT2D eigenvalue weighted by Gasteiger charge is -2.15. The van der Waals surface area contributed by atoms with Crippen molar-refractivity contribution >= 4 is 31.8 Å². The van der Waals surface area contributed by atoms with Crippen molar-refractivity contribution in [2.45, 2.75) is 24.3 Å². The van der Waals surface area contributed by atoms with Gasteiger partial charge in [-0.3, -0.25) is 4.98 Å². The minimum absolute atomic E-state index is 0.241. The number of fused-ring (bicyclic) bond motifs is 2. The number of nitrogens with one attached hydrogen (secondary N) is 2. The number of benzene rings is 2. The summed E-state index contributed by atoms with van der Waals surface area (Å²) >= 11 is 0. The average molecular weight is 410 g/mol. The van der Waals surface area contributed by atoms with Crippen LogP contribution in [0.1, 0.15) is 12.5 Å². The van der Waals surface area contributed by atoms with Gasteiger partial charge in [-0.25, -0.2) is 13.1 Å². The van der Waals surface area contributed by atoms with Gasteiger partial charge in [0, 0.05) is 35.8 Å². The van der Waals surface area contributed by atoms with E-state index in [1.807, 2.05) is 31.2 Å². The second-order valence-corrected chi connectivity index (χ2v) is 8.83. The highest BCUT2D eigenvalue weighted by Gasteiger charge is 2.17. The van der Waals surface area contributed by atoms with Crippen molar-refractivity contribution in [3.8, 4) is 0 Å². The molecule has 0 aliphatic heterocycles. The molecule has 0 amide bonds. The molecule has 6 nitrogen and oxygen atoms in total. The molecule has 0 saturated carbocycles. The first-order chi connectivity index (χ1) is 14.0. The van der Waals surface area contributed by atoms with Crippen LogP contribution in [-0.4, -0.2) is 32.5 Å². The summed E-state index contributed by atoms with van der Waals surface area (Å²) in [5.41, 5.74) is 2.03. The lowest BCUT2D eigenvalue weighted by molar-refractivity contribution is 0.537. The molecule has 7 heteroatoms. The van der Waals surface area contributed by atoms with Crippen LogP contribution < -0.4 is 10.0 Å². The predicted molar refractivity (Wildman–Crippen MR) is 114 cm³/mol. The van der Waals surface area contributed by atoms with E-state index < -0.39 is 10.0 Å². The van der Waals surface area contributed by atoms with Gasteiger partial charge in [0.25, 0.3) is 0 Å². The highest BCUT2D eigenvalue weighted by Crippen LogP contribution is 2.21. The molecule has 4 rings (SSSR count). The predicted octanol–water partition coefficient (Wildman–Crippen LogP) is 3.48. The maximum absolute atomic E-state index is 12.7. The van der Waals surface area contributed by atoms with Crippen LogP contribution >= 0.6 is 0 Å². The Labute approximate surface area is 170 Å². The van der Waals surface area contributed by atoms with Crippen molar-refractivity contribution in [2.24, 2.45) is 0 Å². The Morgan fingerprint density at radius 2 is 1.97 bits per heavy atom. The molecular formula is C22H23N3O3S. The molecule has 2 N–H and O–H groups in total. The van der Waals surface area contributed by atoms with Crippen LogP contribution in [0.2, 0.25) is 0 Å². The Morgan fingerprint density at radius 3 is 2.86 bits per heavy atom. The standard InChI is InChI=1S/C22H23N3O3S/c1-16(13-23-11-9-19-15-28-22-5-3-2-4-21(19)22)25-29(26,27)20-7-6-18-14-24-10-8-17(18)12-20/h2-8,10,12,14-16,23,25H,9,11,13H2,1H3. The molecule has 29 heavy (non-hydrogen) atoms. The molecule has 1 atom stereocenters. The van der Waals surface area contributed by atoms with Gasteiger partial charge in [0.1, 0.15) is 5.58 Å². The number of rotatable bonds is 8. The second kappa shape index (κ2) is 8.32. The van der Waals surface area contributed by atoms with E-state index in [1.165, 1.54) is 0 Å². The number of hydrogen-bond donors (Lipinski definition) is 2. The molecule has 0 aliphatic carbocycles. The van der Waals surface area contributed by atoms with Crippen LogP contribution in [0.5, 0.6) is 0 Å². The minimum Gasteiger partial charge on any atom is -0.464 e. The molecule has 2 aromatic heterocycles. The Bertz CT molecular complexity index is 1230. The molecule has 0 spiro atoms. The lowest BCUT2D eigenvalue weighted by Crippen LogP contribution is -2.40. The van der Waals surface area contributed by atoms with Crippen LogP contribution in [0.15, 0.2) is 76.5 Å². The van der Waals surface area contributed by atoms with Crippen LogP contribution in [-0.2, 0) is 16.4 Å². The Hall–Kier alpha value is -2.74.